The summed E-state index contributed by atoms with van der Waals surface area (Å²) in [5.74, 6) is 0.856. The van der Waals surface area contributed by atoms with Crippen molar-refractivity contribution in [3.63, 3.8) is 0 Å². The number of imidazole rings is 1. The third-order valence-corrected chi connectivity index (χ3v) is 6.69. The Bertz CT molecular complexity index is 1510. The fourth-order valence-corrected chi connectivity index (χ4v) is 4.77. The first-order valence-corrected chi connectivity index (χ1v) is 15.6. The number of carbonyl (C=O) groups excluding carboxylic acids is 1. The number of piperidine rings is 1. The van der Waals surface area contributed by atoms with E-state index in [2.05, 4.69) is 26.7 Å². The molecule has 0 spiro atoms. The number of hydrogen-bond donors (Lipinski definition) is 3. The molecule has 40 heavy (non-hydrogen) atoms. The van der Waals surface area contributed by atoms with Crippen molar-refractivity contribution in [2.45, 2.75) is 25.4 Å². The van der Waals surface area contributed by atoms with Gasteiger partial charge in [0.2, 0.25) is 0 Å². The van der Waals surface area contributed by atoms with E-state index in [1.807, 2.05) is 19.2 Å². The van der Waals surface area contributed by atoms with Crippen LogP contribution < -0.4 is 14.6 Å². The Hall–Kier alpha value is -3.50. The molecule has 0 unspecified atom stereocenters. The highest BCUT2D eigenvalue weighted by molar-refractivity contribution is 7.90. The molecular weight excluding hydrogens is 560 g/mol. The summed E-state index contributed by atoms with van der Waals surface area (Å²) in [4.78, 5) is 21.6. The van der Waals surface area contributed by atoms with Crippen molar-refractivity contribution in [1.29, 1.82) is 0 Å². The van der Waals surface area contributed by atoms with Crippen molar-refractivity contribution in [2.24, 2.45) is 5.14 Å². The van der Waals surface area contributed by atoms with Crippen molar-refractivity contribution >= 4 is 32.0 Å². The SMILES string of the molecule is COc1cccc(CN2CCC(N(C)C(=O)n3cnc(-c4cccc(NS(N)(=O)=O)c4)c3)CC2)c1.CS(=O)(=O)O. The van der Waals surface area contributed by atoms with Gasteiger partial charge in [-0.2, -0.15) is 16.8 Å². The first-order chi connectivity index (χ1) is 18.7. The molecule has 2 heterocycles. The molecule has 1 amide bonds. The number of nitrogens with one attached hydrogen (secondary N) is 1. The molecule has 4 rings (SSSR count). The van der Waals surface area contributed by atoms with Crippen LogP contribution in [-0.2, 0) is 26.9 Å². The van der Waals surface area contributed by atoms with Crippen LogP contribution in [0.4, 0.5) is 10.5 Å². The third-order valence-electron chi connectivity index (χ3n) is 6.17. The Morgan fingerprint density at radius 2 is 1.80 bits per heavy atom. The van der Waals surface area contributed by atoms with Gasteiger partial charge in [0, 0.05) is 44.5 Å². The number of likely N-dealkylation sites (tertiary alicyclic amines) is 1. The molecule has 1 aliphatic heterocycles. The second-order valence-electron chi connectivity index (χ2n) is 9.38. The summed E-state index contributed by atoms with van der Waals surface area (Å²) in [5, 5.41) is 5.05. The van der Waals surface area contributed by atoms with Crippen LogP contribution in [0.25, 0.3) is 11.3 Å². The molecule has 0 radical (unpaired) electrons. The van der Waals surface area contributed by atoms with E-state index in [1.54, 1.807) is 42.5 Å². The van der Waals surface area contributed by atoms with Crippen LogP contribution in [0.3, 0.4) is 0 Å². The van der Waals surface area contributed by atoms with Crippen LogP contribution in [0.15, 0.2) is 61.1 Å². The molecule has 218 valence electrons. The molecule has 13 nitrogen and oxygen atoms in total. The van der Waals surface area contributed by atoms with E-state index in [0.29, 0.717) is 23.2 Å². The van der Waals surface area contributed by atoms with Gasteiger partial charge in [-0.3, -0.25) is 18.7 Å². The molecule has 0 saturated carbocycles. The van der Waals surface area contributed by atoms with Crippen LogP contribution in [0.2, 0.25) is 0 Å². The van der Waals surface area contributed by atoms with Crippen molar-refractivity contribution in [2.75, 3.05) is 38.2 Å². The lowest BCUT2D eigenvalue weighted by Gasteiger charge is -2.36. The molecule has 15 heteroatoms. The quantitative estimate of drug-likeness (QED) is 0.346. The van der Waals surface area contributed by atoms with Gasteiger partial charge < -0.3 is 9.64 Å². The molecule has 1 aromatic heterocycles. The van der Waals surface area contributed by atoms with Crippen molar-refractivity contribution < 1.29 is 30.9 Å². The summed E-state index contributed by atoms with van der Waals surface area (Å²) >= 11 is 0. The van der Waals surface area contributed by atoms with Gasteiger partial charge in [-0.1, -0.05) is 24.3 Å². The van der Waals surface area contributed by atoms with Gasteiger partial charge in [0.25, 0.3) is 20.3 Å². The van der Waals surface area contributed by atoms with Crippen LogP contribution in [0, 0.1) is 0 Å². The Kier molecular flexibility index (Phi) is 10.3. The maximum Gasteiger partial charge on any atom is 0.329 e. The zero-order valence-electron chi connectivity index (χ0n) is 22.5. The molecule has 1 aliphatic rings. The van der Waals surface area contributed by atoms with Crippen LogP contribution in [-0.4, -0.2) is 86.3 Å². The van der Waals surface area contributed by atoms with Gasteiger partial charge in [0.15, 0.2) is 0 Å². The zero-order valence-corrected chi connectivity index (χ0v) is 24.1. The topological polar surface area (TPSA) is 177 Å². The minimum atomic E-state index is -3.88. The van der Waals surface area contributed by atoms with Crippen LogP contribution in [0.5, 0.6) is 5.75 Å². The summed E-state index contributed by atoms with van der Waals surface area (Å²) in [7, 11) is -4.05. The van der Waals surface area contributed by atoms with Crippen LogP contribution >= 0.6 is 0 Å². The summed E-state index contributed by atoms with van der Waals surface area (Å²) in [6.07, 6.45) is 5.61. The van der Waals surface area contributed by atoms with E-state index >= 15 is 0 Å². The largest absolute Gasteiger partial charge is 0.497 e. The van der Waals surface area contributed by atoms with Gasteiger partial charge in [-0.15, -0.1) is 0 Å². The molecular formula is C25H34N6O7S2. The van der Waals surface area contributed by atoms with E-state index in [0.717, 1.165) is 38.2 Å². The molecule has 1 fully saturated rings. The minimum Gasteiger partial charge on any atom is -0.497 e. The second kappa shape index (κ2) is 13.2. The van der Waals surface area contributed by atoms with Gasteiger partial charge in [-0.05, 0) is 42.7 Å². The van der Waals surface area contributed by atoms with E-state index in [4.69, 9.17) is 14.4 Å². The smallest absolute Gasteiger partial charge is 0.329 e. The van der Waals surface area contributed by atoms with Gasteiger partial charge >= 0.3 is 6.03 Å². The number of carbonyl (C=O) groups is 1. The fraction of sp³-hybridized carbons (Fsp3) is 0.360. The number of benzene rings is 2. The average Bonchev–Trinajstić information content (AvgIpc) is 3.37. The number of amides is 1. The molecule has 2 aromatic carbocycles. The maximum absolute atomic E-state index is 13.1. The van der Waals surface area contributed by atoms with Gasteiger partial charge in [0.1, 0.15) is 12.1 Å². The predicted molar refractivity (Wildman–Crippen MR) is 152 cm³/mol. The molecule has 0 aliphatic carbocycles. The highest BCUT2D eigenvalue weighted by atomic mass is 32.2. The van der Waals surface area contributed by atoms with Crippen molar-refractivity contribution in [3.05, 3.63) is 66.6 Å². The first-order valence-electron chi connectivity index (χ1n) is 12.2. The Morgan fingerprint density at radius 3 is 2.42 bits per heavy atom. The van der Waals surface area contributed by atoms with E-state index in [9.17, 15) is 21.6 Å². The molecule has 1 saturated heterocycles. The first kappa shape index (κ1) is 31.0. The third kappa shape index (κ3) is 9.91. The maximum atomic E-state index is 13.1. The normalized spacial score (nSPS) is 14.6. The number of hydrogen-bond acceptors (Lipinski definition) is 8. The number of nitrogens with zero attached hydrogens (tertiary/aromatic N) is 4. The summed E-state index contributed by atoms with van der Waals surface area (Å²) < 4.78 is 57.5. The Morgan fingerprint density at radius 1 is 1.15 bits per heavy atom. The number of rotatable bonds is 7. The average molecular weight is 595 g/mol. The number of aromatic nitrogens is 2. The van der Waals surface area contributed by atoms with Crippen LogP contribution in [0.1, 0.15) is 18.4 Å². The molecule has 3 aromatic rings. The second-order valence-corrected chi connectivity index (χ2v) is 12.1. The number of methoxy groups -OCH3 is 1. The summed E-state index contributed by atoms with van der Waals surface area (Å²) in [6, 6.07) is 14.7. The van der Waals surface area contributed by atoms with Crippen molar-refractivity contribution in [3.8, 4) is 17.0 Å². The van der Waals surface area contributed by atoms with E-state index in [1.165, 1.54) is 16.5 Å². The van der Waals surface area contributed by atoms with Gasteiger partial charge in [-0.25, -0.2) is 14.9 Å². The lowest BCUT2D eigenvalue weighted by atomic mass is 10.0. The highest BCUT2D eigenvalue weighted by Gasteiger charge is 2.26. The standard InChI is InChI=1S/C24H30N6O4S.CH4O3S/c1-28(21-9-11-29(12-10-21)15-18-5-3-8-22(13-18)34-2)24(31)30-16-23(26-17-30)19-6-4-7-20(14-19)27-35(25,32)33;1-5(2,3)4/h3-8,13-14,16-17,21,27H,9-12,15H2,1-2H3,(H2,25,32,33);1H3,(H,2,3,4). The number of nitrogens with two attached hydrogens (primary N) is 1. The van der Waals surface area contributed by atoms with Gasteiger partial charge in [0.05, 0.1) is 24.7 Å². The molecule has 4 N–H and O–H groups in total. The Labute approximate surface area is 234 Å². The van der Waals surface area contributed by atoms with Crippen molar-refractivity contribution in [1.82, 2.24) is 19.4 Å². The highest BCUT2D eigenvalue weighted by Crippen LogP contribution is 2.23. The monoisotopic (exact) mass is 594 g/mol. The number of anilines is 1. The molecule has 0 atom stereocenters. The summed E-state index contributed by atoms with van der Waals surface area (Å²) in [6.45, 7) is 2.66. The van der Waals surface area contributed by atoms with E-state index in [-0.39, 0.29) is 12.1 Å². The Balaban J connectivity index is 0.000000810. The molecule has 0 bridgehead atoms. The number of ether oxygens (including phenoxy) is 1. The van der Waals surface area contributed by atoms with E-state index < -0.39 is 20.3 Å². The lowest BCUT2D eigenvalue weighted by Crippen LogP contribution is -2.46. The summed E-state index contributed by atoms with van der Waals surface area (Å²) in [5.41, 5.74) is 2.75. The minimum absolute atomic E-state index is 0.136. The zero-order chi connectivity index (χ0) is 29.5. The predicted octanol–water partition coefficient (Wildman–Crippen LogP) is 2.24. The fourth-order valence-electron chi connectivity index (χ4n) is 4.31. The lowest BCUT2D eigenvalue weighted by molar-refractivity contribution is 0.132.